The molecule has 0 spiro atoms. The van der Waals surface area contributed by atoms with Gasteiger partial charge in [-0.1, -0.05) is 17.7 Å². The Labute approximate surface area is 101 Å². The number of aryl methyl sites for hydroxylation is 2. The number of carbonyl (C=O) groups is 2. The Morgan fingerprint density at radius 1 is 1.35 bits per heavy atom. The number of nitrogens with zero attached hydrogens (tertiary/aromatic N) is 1. The Kier molecular flexibility index (Phi) is 4.09. The molecule has 0 aromatic heterocycles. The van der Waals surface area contributed by atoms with Crippen molar-refractivity contribution in [3.63, 3.8) is 0 Å². The zero-order valence-corrected chi connectivity index (χ0v) is 10.3. The number of imide groups is 1. The van der Waals surface area contributed by atoms with Crippen molar-refractivity contribution in [3.8, 4) is 0 Å². The molecule has 0 aliphatic carbocycles. The van der Waals surface area contributed by atoms with Crippen LogP contribution in [0.2, 0.25) is 0 Å². The zero-order chi connectivity index (χ0) is 13.0. The summed E-state index contributed by atoms with van der Waals surface area (Å²) in [6, 6.07) is 4.39. The highest BCUT2D eigenvalue weighted by Crippen LogP contribution is 2.16. The van der Waals surface area contributed by atoms with Crippen LogP contribution in [-0.4, -0.2) is 23.5 Å². The van der Waals surface area contributed by atoms with E-state index >= 15 is 0 Å². The molecule has 0 radical (unpaired) electrons. The molecule has 3 N–H and O–H groups in total. The topological polar surface area (TPSA) is 75.4 Å². The minimum Gasteiger partial charge on any atom is -0.351 e. The van der Waals surface area contributed by atoms with E-state index in [0.717, 1.165) is 16.0 Å². The lowest BCUT2D eigenvalue weighted by Gasteiger charge is -2.18. The molecular weight excluding hydrogens is 218 g/mol. The van der Waals surface area contributed by atoms with Crippen molar-refractivity contribution in [2.75, 3.05) is 11.9 Å². The number of anilines is 1. The summed E-state index contributed by atoms with van der Waals surface area (Å²) in [5.41, 5.74) is 7.83. The van der Waals surface area contributed by atoms with E-state index in [4.69, 9.17) is 5.73 Å². The maximum atomic E-state index is 11.7. The molecule has 0 saturated carbocycles. The van der Waals surface area contributed by atoms with Gasteiger partial charge in [0.15, 0.2) is 0 Å². The van der Waals surface area contributed by atoms with E-state index in [1.54, 1.807) is 13.0 Å². The van der Waals surface area contributed by atoms with Gasteiger partial charge in [-0.15, -0.1) is 0 Å². The van der Waals surface area contributed by atoms with Gasteiger partial charge < -0.3 is 11.1 Å². The summed E-state index contributed by atoms with van der Waals surface area (Å²) in [5, 5.41) is 2.66. The fraction of sp³-hybridized carbons (Fsp3) is 0.333. The zero-order valence-electron chi connectivity index (χ0n) is 10.3. The standard InChI is InChI=1S/C12H17N3O2/c1-4-15(11(13)16)12(17)14-10-6-5-8(2)7-9(10)3/h5-7H,4H2,1-3H3,(H2,13,16)(H,14,17). The number of carbonyl (C=O) groups excluding carboxylic acids is 2. The number of primary amides is 1. The maximum absolute atomic E-state index is 11.7. The van der Waals surface area contributed by atoms with Crippen molar-refractivity contribution in [2.45, 2.75) is 20.8 Å². The van der Waals surface area contributed by atoms with Gasteiger partial charge in [0.1, 0.15) is 0 Å². The third-order valence-corrected chi connectivity index (χ3v) is 2.45. The summed E-state index contributed by atoms with van der Waals surface area (Å²) in [6.45, 7) is 5.79. The highest BCUT2D eigenvalue weighted by atomic mass is 16.2. The first-order valence-corrected chi connectivity index (χ1v) is 5.41. The second kappa shape index (κ2) is 5.34. The van der Waals surface area contributed by atoms with Crippen LogP contribution in [0.25, 0.3) is 0 Å². The van der Waals surface area contributed by atoms with Crippen molar-refractivity contribution in [3.05, 3.63) is 29.3 Å². The molecular formula is C12H17N3O2. The average Bonchev–Trinajstić information content (AvgIpc) is 2.22. The first-order valence-electron chi connectivity index (χ1n) is 5.41. The SMILES string of the molecule is CCN(C(N)=O)C(=O)Nc1ccc(C)cc1C. The van der Waals surface area contributed by atoms with E-state index in [0.29, 0.717) is 5.69 Å². The van der Waals surface area contributed by atoms with Gasteiger partial charge in [0.25, 0.3) is 0 Å². The van der Waals surface area contributed by atoms with Gasteiger partial charge in [-0.3, -0.25) is 0 Å². The van der Waals surface area contributed by atoms with Gasteiger partial charge in [-0.25, -0.2) is 14.5 Å². The lowest BCUT2D eigenvalue weighted by atomic mass is 10.1. The lowest BCUT2D eigenvalue weighted by Crippen LogP contribution is -2.43. The number of nitrogens with two attached hydrogens (primary N) is 1. The number of hydrogen-bond donors (Lipinski definition) is 2. The van der Waals surface area contributed by atoms with Crippen LogP contribution in [0.3, 0.4) is 0 Å². The molecule has 0 aliphatic heterocycles. The van der Waals surface area contributed by atoms with Gasteiger partial charge in [0, 0.05) is 12.2 Å². The fourth-order valence-corrected chi connectivity index (χ4v) is 1.54. The molecule has 1 rings (SSSR count). The average molecular weight is 235 g/mol. The second-order valence-corrected chi connectivity index (χ2v) is 3.83. The summed E-state index contributed by atoms with van der Waals surface area (Å²) in [5.74, 6) is 0. The van der Waals surface area contributed by atoms with E-state index in [2.05, 4.69) is 5.32 Å². The van der Waals surface area contributed by atoms with E-state index in [1.165, 1.54) is 0 Å². The quantitative estimate of drug-likeness (QED) is 0.824. The largest absolute Gasteiger partial charge is 0.351 e. The highest BCUT2D eigenvalue weighted by molar-refractivity contribution is 6.00. The predicted molar refractivity (Wildman–Crippen MR) is 66.9 cm³/mol. The lowest BCUT2D eigenvalue weighted by molar-refractivity contribution is 0.202. The number of rotatable bonds is 2. The molecule has 17 heavy (non-hydrogen) atoms. The van der Waals surface area contributed by atoms with Gasteiger partial charge in [-0.2, -0.15) is 0 Å². The molecule has 92 valence electrons. The van der Waals surface area contributed by atoms with Crippen LogP contribution in [0, 0.1) is 13.8 Å². The van der Waals surface area contributed by atoms with Gasteiger partial charge in [-0.05, 0) is 32.4 Å². The number of nitrogens with one attached hydrogen (secondary N) is 1. The van der Waals surface area contributed by atoms with Crippen molar-refractivity contribution >= 4 is 17.7 Å². The highest BCUT2D eigenvalue weighted by Gasteiger charge is 2.17. The summed E-state index contributed by atoms with van der Waals surface area (Å²) >= 11 is 0. The van der Waals surface area contributed by atoms with Crippen LogP contribution >= 0.6 is 0 Å². The van der Waals surface area contributed by atoms with E-state index in [9.17, 15) is 9.59 Å². The van der Waals surface area contributed by atoms with Crippen molar-refractivity contribution in [1.82, 2.24) is 4.90 Å². The van der Waals surface area contributed by atoms with Crippen molar-refractivity contribution < 1.29 is 9.59 Å². The van der Waals surface area contributed by atoms with Crippen LogP contribution in [-0.2, 0) is 0 Å². The van der Waals surface area contributed by atoms with E-state index in [-0.39, 0.29) is 6.54 Å². The van der Waals surface area contributed by atoms with Crippen LogP contribution in [0.1, 0.15) is 18.1 Å². The Morgan fingerprint density at radius 3 is 2.47 bits per heavy atom. The smallest absolute Gasteiger partial charge is 0.329 e. The first kappa shape index (κ1) is 13.0. The summed E-state index contributed by atoms with van der Waals surface area (Å²) in [6.07, 6.45) is 0. The molecule has 5 nitrogen and oxygen atoms in total. The first-order chi connectivity index (χ1) is 7.95. The van der Waals surface area contributed by atoms with E-state index < -0.39 is 12.1 Å². The minimum absolute atomic E-state index is 0.242. The third kappa shape index (κ3) is 3.21. The van der Waals surface area contributed by atoms with Gasteiger partial charge >= 0.3 is 12.1 Å². The van der Waals surface area contributed by atoms with E-state index in [1.807, 2.05) is 26.0 Å². The Hall–Kier alpha value is -2.04. The Balaban J connectivity index is 2.84. The molecule has 0 aliphatic rings. The number of benzene rings is 1. The van der Waals surface area contributed by atoms with Crippen LogP contribution in [0.15, 0.2) is 18.2 Å². The predicted octanol–water partition coefficient (Wildman–Crippen LogP) is 2.24. The number of amides is 4. The van der Waals surface area contributed by atoms with Gasteiger partial charge in [0.05, 0.1) is 0 Å². The number of urea groups is 2. The van der Waals surface area contributed by atoms with Crippen molar-refractivity contribution in [1.29, 1.82) is 0 Å². The van der Waals surface area contributed by atoms with Crippen LogP contribution in [0.4, 0.5) is 15.3 Å². The van der Waals surface area contributed by atoms with Gasteiger partial charge in [0.2, 0.25) is 0 Å². The molecule has 0 heterocycles. The molecule has 4 amide bonds. The summed E-state index contributed by atoms with van der Waals surface area (Å²) in [4.78, 5) is 23.7. The molecule has 0 bridgehead atoms. The summed E-state index contributed by atoms with van der Waals surface area (Å²) < 4.78 is 0. The molecule has 0 saturated heterocycles. The molecule has 0 fully saturated rings. The second-order valence-electron chi connectivity index (χ2n) is 3.83. The molecule has 1 aromatic carbocycles. The Morgan fingerprint density at radius 2 is 2.00 bits per heavy atom. The third-order valence-electron chi connectivity index (χ3n) is 2.45. The molecule has 5 heteroatoms. The number of hydrogen-bond acceptors (Lipinski definition) is 2. The molecule has 0 atom stereocenters. The monoisotopic (exact) mass is 235 g/mol. The summed E-state index contributed by atoms with van der Waals surface area (Å²) in [7, 11) is 0. The molecule has 0 unspecified atom stereocenters. The van der Waals surface area contributed by atoms with Crippen LogP contribution < -0.4 is 11.1 Å². The maximum Gasteiger partial charge on any atom is 0.329 e. The minimum atomic E-state index is -0.755. The normalized spacial score (nSPS) is 9.82. The molecule has 1 aromatic rings. The Bertz CT molecular complexity index is 443. The fourth-order valence-electron chi connectivity index (χ4n) is 1.54. The van der Waals surface area contributed by atoms with Crippen molar-refractivity contribution in [2.24, 2.45) is 5.73 Å². The van der Waals surface area contributed by atoms with Crippen LogP contribution in [0.5, 0.6) is 0 Å².